The standard InChI is InChI=1S/C12H16N4O2S2/c1-9(11-5-4-6-19-11)16(3)20(17,18)10-7-14-12(13-2)15-8-10/h4-9H,1-3H3,(H,13,14,15). The van der Waals surface area contributed by atoms with E-state index in [1.54, 1.807) is 14.1 Å². The number of rotatable bonds is 5. The third kappa shape index (κ3) is 2.82. The number of anilines is 1. The lowest BCUT2D eigenvalue weighted by molar-refractivity contribution is 0.402. The number of sulfonamides is 1. The van der Waals surface area contributed by atoms with Crippen LogP contribution in [0.1, 0.15) is 17.8 Å². The highest BCUT2D eigenvalue weighted by molar-refractivity contribution is 7.89. The average molecular weight is 312 g/mol. The second kappa shape index (κ2) is 5.86. The minimum absolute atomic E-state index is 0.0856. The second-order valence-electron chi connectivity index (χ2n) is 4.21. The molecule has 20 heavy (non-hydrogen) atoms. The third-order valence-corrected chi connectivity index (χ3v) is 5.95. The van der Waals surface area contributed by atoms with Gasteiger partial charge in [-0.05, 0) is 18.4 Å². The Balaban J connectivity index is 2.29. The molecule has 0 saturated carbocycles. The van der Waals surface area contributed by atoms with Gasteiger partial charge in [0.15, 0.2) is 0 Å². The van der Waals surface area contributed by atoms with Gasteiger partial charge < -0.3 is 5.32 Å². The quantitative estimate of drug-likeness (QED) is 0.913. The summed E-state index contributed by atoms with van der Waals surface area (Å²) in [6.45, 7) is 1.85. The fourth-order valence-electron chi connectivity index (χ4n) is 1.66. The molecule has 0 radical (unpaired) electrons. The molecule has 0 aliphatic carbocycles. The van der Waals surface area contributed by atoms with Gasteiger partial charge in [-0.2, -0.15) is 4.31 Å². The number of hydrogen-bond acceptors (Lipinski definition) is 6. The molecule has 1 N–H and O–H groups in total. The maximum absolute atomic E-state index is 12.5. The predicted octanol–water partition coefficient (Wildman–Crippen LogP) is 1.96. The summed E-state index contributed by atoms with van der Waals surface area (Å²) in [5.74, 6) is 0.387. The third-order valence-electron chi connectivity index (χ3n) is 3.03. The van der Waals surface area contributed by atoms with E-state index in [0.29, 0.717) is 5.95 Å². The Morgan fingerprint density at radius 1 is 1.35 bits per heavy atom. The van der Waals surface area contributed by atoms with Gasteiger partial charge in [0.2, 0.25) is 16.0 Å². The molecule has 0 spiro atoms. The molecule has 0 aromatic carbocycles. The lowest BCUT2D eigenvalue weighted by Gasteiger charge is -2.23. The second-order valence-corrected chi connectivity index (χ2v) is 7.18. The molecule has 0 amide bonds. The van der Waals surface area contributed by atoms with Gasteiger partial charge in [0.05, 0.1) is 18.4 Å². The van der Waals surface area contributed by atoms with Crippen LogP contribution in [0.4, 0.5) is 5.95 Å². The van der Waals surface area contributed by atoms with E-state index >= 15 is 0 Å². The number of thiophene rings is 1. The summed E-state index contributed by atoms with van der Waals surface area (Å²) in [7, 11) is -0.366. The first-order chi connectivity index (χ1) is 9.46. The van der Waals surface area contributed by atoms with E-state index in [1.807, 2.05) is 24.4 Å². The zero-order chi connectivity index (χ0) is 14.8. The topological polar surface area (TPSA) is 75.2 Å². The molecule has 0 aliphatic heterocycles. The summed E-state index contributed by atoms with van der Waals surface area (Å²) in [5, 5.41) is 4.68. The highest BCUT2D eigenvalue weighted by Gasteiger charge is 2.27. The van der Waals surface area contributed by atoms with Crippen molar-refractivity contribution in [2.75, 3.05) is 19.4 Å². The first kappa shape index (κ1) is 14.9. The van der Waals surface area contributed by atoms with Crippen LogP contribution in [0.5, 0.6) is 0 Å². The molecule has 1 atom stereocenters. The molecule has 108 valence electrons. The Bertz CT molecular complexity index is 653. The van der Waals surface area contributed by atoms with Crippen LogP contribution in [0.3, 0.4) is 0 Å². The monoisotopic (exact) mass is 312 g/mol. The molecular formula is C12H16N4O2S2. The van der Waals surface area contributed by atoms with Crippen molar-refractivity contribution in [3.8, 4) is 0 Å². The van der Waals surface area contributed by atoms with E-state index in [-0.39, 0.29) is 10.9 Å². The number of hydrogen-bond donors (Lipinski definition) is 1. The molecule has 6 nitrogen and oxygen atoms in total. The SMILES string of the molecule is CNc1ncc(S(=O)(=O)N(C)C(C)c2cccs2)cn1. The van der Waals surface area contributed by atoms with Crippen molar-refractivity contribution >= 4 is 27.3 Å². The Morgan fingerprint density at radius 2 is 2.00 bits per heavy atom. The van der Waals surface area contributed by atoms with E-state index < -0.39 is 10.0 Å². The molecule has 0 bridgehead atoms. The maximum atomic E-state index is 12.5. The normalized spacial score (nSPS) is 13.4. The van der Waals surface area contributed by atoms with Crippen molar-refractivity contribution in [3.63, 3.8) is 0 Å². The van der Waals surface area contributed by atoms with Crippen LogP contribution in [0, 0.1) is 0 Å². The zero-order valence-electron chi connectivity index (χ0n) is 11.4. The van der Waals surface area contributed by atoms with Crippen molar-refractivity contribution in [1.29, 1.82) is 0 Å². The first-order valence-corrected chi connectivity index (χ1v) is 8.30. The number of nitrogens with one attached hydrogen (secondary N) is 1. The Hall–Kier alpha value is -1.51. The van der Waals surface area contributed by atoms with Crippen LogP contribution in [0.25, 0.3) is 0 Å². The first-order valence-electron chi connectivity index (χ1n) is 5.98. The van der Waals surface area contributed by atoms with E-state index in [2.05, 4.69) is 15.3 Å². The molecular weight excluding hydrogens is 296 g/mol. The van der Waals surface area contributed by atoms with Gasteiger partial charge in [-0.3, -0.25) is 0 Å². The molecule has 8 heteroatoms. The molecule has 2 aromatic rings. The minimum Gasteiger partial charge on any atom is -0.357 e. The molecule has 2 heterocycles. The molecule has 0 saturated heterocycles. The Morgan fingerprint density at radius 3 is 2.50 bits per heavy atom. The van der Waals surface area contributed by atoms with Crippen molar-refractivity contribution in [1.82, 2.24) is 14.3 Å². The van der Waals surface area contributed by atoms with E-state index in [0.717, 1.165) is 4.88 Å². The number of nitrogens with zero attached hydrogens (tertiary/aromatic N) is 3. The van der Waals surface area contributed by atoms with Gasteiger partial charge in [-0.25, -0.2) is 18.4 Å². The predicted molar refractivity (Wildman–Crippen MR) is 79.3 cm³/mol. The van der Waals surface area contributed by atoms with Crippen LogP contribution in [0.2, 0.25) is 0 Å². The Kier molecular flexibility index (Phi) is 4.36. The van der Waals surface area contributed by atoms with Crippen molar-refractivity contribution in [3.05, 3.63) is 34.8 Å². The van der Waals surface area contributed by atoms with Gasteiger partial charge in [0.25, 0.3) is 0 Å². The number of aromatic nitrogens is 2. The summed E-state index contributed by atoms with van der Waals surface area (Å²) in [5.41, 5.74) is 0. The molecule has 0 aliphatic rings. The van der Waals surface area contributed by atoms with Gasteiger partial charge in [-0.1, -0.05) is 6.07 Å². The van der Waals surface area contributed by atoms with Crippen LogP contribution >= 0.6 is 11.3 Å². The zero-order valence-corrected chi connectivity index (χ0v) is 13.1. The van der Waals surface area contributed by atoms with Crippen molar-refractivity contribution in [2.45, 2.75) is 17.9 Å². The van der Waals surface area contributed by atoms with Crippen LogP contribution < -0.4 is 5.32 Å². The smallest absolute Gasteiger partial charge is 0.246 e. The average Bonchev–Trinajstić information content (AvgIpc) is 3.00. The largest absolute Gasteiger partial charge is 0.357 e. The molecule has 0 fully saturated rings. The Labute approximate surface area is 122 Å². The van der Waals surface area contributed by atoms with E-state index in [9.17, 15) is 8.42 Å². The maximum Gasteiger partial charge on any atom is 0.246 e. The lowest BCUT2D eigenvalue weighted by Crippen LogP contribution is -2.29. The van der Waals surface area contributed by atoms with E-state index in [4.69, 9.17) is 0 Å². The highest BCUT2D eigenvalue weighted by atomic mass is 32.2. The molecule has 1 unspecified atom stereocenters. The lowest BCUT2D eigenvalue weighted by atomic mass is 10.3. The minimum atomic E-state index is -3.60. The highest BCUT2D eigenvalue weighted by Crippen LogP contribution is 2.28. The van der Waals surface area contributed by atoms with Gasteiger partial charge >= 0.3 is 0 Å². The fourth-order valence-corrected chi connectivity index (χ4v) is 3.79. The summed E-state index contributed by atoms with van der Waals surface area (Å²) in [6, 6.07) is 3.59. The van der Waals surface area contributed by atoms with Crippen molar-refractivity contribution in [2.24, 2.45) is 0 Å². The molecule has 2 rings (SSSR count). The summed E-state index contributed by atoms with van der Waals surface area (Å²) in [6.07, 6.45) is 2.62. The van der Waals surface area contributed by atoms with Crippen LogP contribution in [-0.4, -0.2) is 36.8 Å². The summed E-state index contributed by atoms with van der Waals surface area (Å²) < 4.78 is 26.3. The van der Waals surface area contributed by atoms with E-state index in [1.165, 1.54) is 28.0 Å². The summed E-state index contributed by atoms with van der Waals surface area (Å²) >= 11 is 1.53. The summed E-state index contributed by atoms with van der Waals surface area (Å²) in [4.78, 5) is 8.96. The fraction of sp³-hybridized carbons (Fsp3) is 0.333. The molecule has 2 aromatic heterocycles. The van der Waals surface area contributed by atoms with Gasteiger partial charge in [-0.15, -0.1) is 11.3 Å². The van der Waals surface area contributed by atoms with Crippen molar-refractivity contribution < 1.29 is 8.42 Å². The van der Waals surface area contributed by atoms with Gasteiger partial charge in [0.1, 0.15) is 4.90 Å². The van der Waals surface area contributed by atoms with Crippen LogP contribution in [-0.2, 0) is 10.0 Å². The van der Waals surface area contributed by atoms with Gasteiger partial charge in [0, 0.05) is 19.0 Å². The van der Waals surface area contributed by atoms with Crippen LogP contribution in [0.15, 0.2) is 34.8 Å².